The number of carbonyl (C=O) groups excluding carboxylic acids is 1. The lowest BCUT2D eigenvalue weighted by Crippen LogP contribution is -2.39. The van der Waals surface area contributed by atoms with Gasteiger partial charge in [0.2, 0.25) is 0 Å². The quantitative estimate of drug-likeness (QED) is 0.880. The van der Waals surface area contributed by atoms with Crippen molar-refractivity contribution < 1.29 is 18.3 Å². The first-order chi connectivity index (χ1) is 10.1. The summed E-state index contributed by atoms with van der Waals surface area (Å²) < 4.78 is 32.1. The van der Waals surface area contributed by atoms with Gasteiger partial charge in [0.15, 0.2) is 0 Å². The van der Waals surface area contributed by atoms with E-state index in [0.29, 0.717) is 6.61 Å². The lowest BCUT2D eigenvalue weighted by Gasteiger charge is -2.21. The van der Waals surface area contributed by atoms with Crippen molar-refractivity contribution in [3.63, 3.8) is 0 Å². The maximum atomic E-state index is 13.5. The number of carbonyl (C=O) groups is 1. The minimum absolute atomic E-state index is 0.0385. The van der Waals surface area contributed by atoms with Crippen LogP contribution in [-0.2, 0) is 4.74 Å². The fourth-order valence-corrected chi connectivity index (χ4v) is 3.24. The molecule has 2 N–H and O–H groups in total. The molecule has 0 aromatic heterocycles. The summed E-state index contributed by atoms with van der Waals surface area (Å²) in [6.45, 7) is 0.485. The average Bonchev–Trinajstić information content (AvgIpc) is 3.04. The largest absolute Gasteiger partial charge is 0.373 e. The van der Waals surface area contributed by atoms with Gasteiger partial charge in [-0.25, -0.2) is 13.6 Å². The molecule has 4 nitrogen and oxygen atoms in total. The Morgan fingerprint density at radius 1 is 1.29 bits per heavy atom. The van der Waals surface area contributed by atoms with Gasteiger partial charge in [0.25, 0.3) is 0 Å². The fourth-order valence-electron chi connectivity index (χ4n) is 3.24. The zero-order valence-electron chi connectivity index (χ0n) is 11.6. The van der Waals surface area contributed by atoms with Crippen LogP contribution >= 0.6 is 0 Å². The molecule has 21 heavy (non-hydrogen) atoms. The maximum absolute atomic E-state index is 13.5. The Balaban J connectivity index is 1.55. The van der Waals surface area contributed by atoms with Crippen LogP contribution in [0.25, 0.3) is 0 Å². The van der Waals surface area contributed by atoms with Gasteiger partial charge in [0.05, 0.1) is 23.9 Å². The van der Waals surface area contributed by atoms with Gasteiger partial charge in [-0.15, -0.1) is 0 Å². The molecule has 1 aliphatic carbocycles. The molecule has 0 radical (unpaired) electrons. The summed E-state index contributed by atoms with van der Waals surface area (Å²) in [6, 6.07) is 2.48. The first-order valence-electron chi connectivity index (χ1n) is 7.23. The highest BCUT2D eigenvalue weighted by Gasteiger charge is 2.42. The topological polar surface area (TPSA) is 50.4 Å². The number of nitrogens with one attached hydrogen (secondary N) is 2. The van der Waals surface area contributed by atoms with E-state index in [4.69, 9.17) is 4.74 Å². The molecule has 6 heteroatoms. The van der Waals surface area contributed by atoms with E-state index in [1.54, 1.807) is 0 Å². The Hall–Kier alpha value is -1.69. The summed E-state index contributed by atoms with van der Waals surface area (Å²) in [5, 5.41) is 5.18. The van der Waals surface area contributed by atoms with Gasteiger partial charge in [0, 0.05) is 6.07 Å². The SMILES string of the molecule is O=C(Nc1ccc(F)cc1F)NC1COC2(CCCC2)C1. The number of ether oxygens (including phenoxy) is 1. The number of urea groups is 1. The van der Waals surface area contributed by atoms with Crippen molar-refractivity contribution in [1.29, 1.82) is 0 Å². The standard InChI is InChI=1S/C15H18F2N2O2/c16-10-3-4-13(12(17)7-10)19-14(20)18-11-8-15(21-9-11)5-1-2-6-15/h3-4,7,11H,1-2,5-6,8-9H2,(H2,18,19,20). The normalized spacial score (nSPS) is 23.4. The van der Waals surface area contributed by atoms with Crippen LogP contribution < -0.4 is 10.6 Å². The van der Waals surface area contributed by atoms with E-state index in [-0.39, 0.29) is 17.3 Å². The van der Waals surface area contributed by atoms with Crippen molar-refractivity contribution in [2.24, 2.45) is 0 Å². The third-order valence-electron chi connectivity index (χ3n) is 4.24. The van der Waals surface area contributed by atoms with E-state index in [0.717, 1.165) is 31.4 Å². The number of halogens is 2. The molecule has 1 aromatic rings. The van der Waals surface area contributed by atoms with Crippen LogP contribution in [0.2, 0.25) is 0 Å². The van der Waals surface area contributed by atoms with Crippen molar-refractivity contribution in [3.05, 3.63) is 29.8 Å². The van der Waals surface area contributed by atoms with Gasteiger partial charge in [-0.3, -0.25) is 0 Å². The zero-order valence-corrected chi connectivity index (χ0v) is 11.6. The van der Waals surface area contributed by atoms with Crippen LogP contribution in [0.3, 0.4) is 0 Å². The third-order valence-corrected chi connectivity index (χ3v) is 4.24. The van der Waals surface area contributed by atoms with Crippen LogP contribution in [0.5, 0.6) is 0 Å². The smallest absolute Gasteiger partial charge is 0.319 e. The lowest BCUT2D eigenvalue weighted by atomic mass is 9.96. The molecule has 1 saturated heterocycles. The molecular weight excluding hydrogens is 278 g/mol. The second kappa shape index (κ2) is 5.60. The van der Waals surface area contributed by atoms with Crippen LogP contribution in [0.4, 0.5) is 19.3 Å². The van der Waals surface area contributed by atoms with Gasteiger partial charge in [0.1, 0.15) is 11.6 Å². The third kappa shape index (κ3) is 3.15. The molecule has 1 aliphatic heterocycles. The summed E-state index contributed by atoms with van der Waals surface area (Å²) in [4.78, 5) is 11.9. The van der Waals surface area contributed by atoms with Crippen molar-refractivity contribution in [2.75, 3.05) is 11.9 Å². The molecule has 3 rings (SSSR count). The van der Waals surface area contributed by atoms with Gasteiger partial charge in [-0.2, -0.15) is 0 Å². The Morgan fingerprint density at radius 2 is 2.05 bits per heavy atom. The fraction of sp³-hybridized carbons (Fsp3) is 0.533. The highest BCUT2D eigenvalue weighted by Crippen LogP contribution is 2.40. The Morgan fingerprint density at radius 3 is 2.76 bits per heavy atom. The predicted octanol–water partition coefficient (Wildman–Crippen LogP) is 3.19. The summed E-state index contributed by atoms with van der Waals surface area (Å²) in [6.07, 6.45) is 5.21. The number of hydrogen-bond acceptors (Lipinski definition) is 2. The average molecular weight is 296 g/mol. The number of hydrogen-bond donors (Lipinski definition) is 2. The van der Waals surface area contributed by atoms with Gasteiger partial charge in [-0.05, 0) is 31.4 Å². The molecular formula is C15H18F2N2O2. The molecule has 1 aromatic carbocycles. The molecule has 2 amide bonds. The summed E-state index contributed by atoms with van der Waals surface area (Å²) >= 11 is 0. The van der Waals surface area contributed by atoms with Gasteiger partial charge >= 0.3 is 6.03 Å². The molecule has 1 spiro atoms. The van der Waals surface area contributed by atoms with Gasteiger partial charge < -0.3 is 15.4 Å². The van der Waals surface area contributed by atoms with Crippen LogP contribution in [-0.4, -0.2) is 24.3 Å². The molecule has 114 valence electrons. The number of anilines is 1. The van der Waals surface area contributed by atoms with E-state index in [2.05, 4.69) is 10.6 Å². The van der Waals surface area contributed by atoms with E-state index in [1.807, 2.05) is 0 Å². The molecule has 1 unspecified atom stereocenters. The maximum Gasteiger partial charge on any atom is 0.319 e. The molecule has 1 heterocycles. The van der Waals surface area contributed by atoms with Crippen molar-refractivity contribution in [1.82, 2.24) is 5.32 Å². The van der Waals surface area contributed by atoms with E-state index in [9.17, 15) is 13.6 Å². The molecule has 0 bridgehead atoms. The van der Waals surface area contributed by atoms with Crippen molar-refractivity contribution in [2.45, 2.75) is 43.7 Å². The minimum Gasteiger partial charge on any atom is -0.373 e. The van der Waals surface area contributed by atoms with Crippen LogP contribution in [0.15, 0.2) is 18.2 Å². The highest BCUT2D eigenvalue weighted by atomic mass is 19.1. The van der Waals surface area contributed by atoms with Gasteiger partial charge in [-0.1, -0.05) is 12.8 Å². The predicted molar refractivity (Wildman–Crippen MR) is 74.1 cm³/mol. The Labute approximate surface area is 121 Å². The molecule has 2 fully saturated rings. The molecule has 1 saturated carbocycles. The van der Waals surface area contributed by atoms with Crippen LogP contribution in [0, 0.1) is 11.6 Å². The minimum atomic E-state index is -0.792. The van der Waals surface area contributed by atoms with E-state index < -0.39 is 17.7 Å². The Bertz CT molecular complexity index is 544. The van der Waals surface area contributed by atoms with E-state index in [1.165, 1.54) is 18.9 Å². The molecule has 2 aliphatic rings. The van der Waals surface area contributed by atoms with Crippen molar-refractivity contribution in [3.8, 4) is 0 Å². The zero-order chi connectivity index (χ0) is 14.9. The second-order valence-electron chi connectivity index (χ2n) is 5.82. The number of benzene rings is 1. The Kier molecular flexibility index (Phi) is 3.80. The van der Waals surface area contributed by atoms with Crippen LogP contribution in [0.1, 0.15) is 32.1 Å². The summed E-state index contributed by atoms with van der Waals surface area (Å²) in [5.41, 5.74) is -0.109. The lowest BCUT2D eigenvalue weighted by molar-refractivity contribution is 0.00998. The second-order valence-corrected chi connectivity index (χ2v) is 5.82. The number of amides is 2. The van der Waals surface area contributed by atoms with E-state index >= 15 is 0 Å². The molecule has 1 atom stereocenters. The summed E-state index contributed by atoms with van der Waals surface area (Å²) in [5.74, 6) is -1.47. The number of rotatable bonds is 2. The highest BCUT2D eigenvalue weighted by molar-refractivity contribution is 5.89. The monoisotopic (exact) mass is 296 g/mol. The first kappa shape index (κ1) is 14.3. The first-order valence-corrected chi connectivity index (χ1v) is 7.23. The summed E-state index contributed by atoms with van der Waals surface area (Å²) in [7, 11) is 0. The van der Waals surface area contributed by atoms with Crippen molar-refractivity contribution >= 4 is 11.7 Å².